The number of carboxylic acids is 3. The Morgan fingerprint density at radius 1 is 0.969 bits per heavy atom. The molecule has 0 atom stereocenters. The molecular weight excluding hydrogens is 420 g/mol. The summed E-state index contributed by atoms with van der Waals surface area (Å²) < 4.78 is 5.43. The van der Waals surface area contributed by atoms with Crippen molar-refractivity contribution >= 4 is 17.9 Å². The Hall–Kier alpha value is -3.24. The minimum atomic E-state index is -2.74. The molecule has 3 rings (SSSR count). The van der Waals surface area contributed by atoms with Gasteiger partial charge >= 0.3 is 17.9 Å². The molecule has 0 radical (unpaired) electrons. The number of aliphatic carboxylic acids is 3. The Kier molecular flexibility index (Phi) is 9.36. The minimum absolute atomic E-state index is 0.939. The van der Waals surface area contributed by atoms with Crippen molar-refractivity contribution in [1.29, 1.82) is 0 Å². The third-order valence-corrected chi connectivity index (χ3v) is 5.04. The zero-order valence-corrected chi connectivity index (χ0v) is 17.6. The number of likely N-dealkylation sites (tertiary alicyclic amines) is 1. The summed E-state index contributed by atoms with van der Waals surface area (Å²) in [4.78, 5) is 33.0. The van der Waals surface area contributed by atoms with Gasteiger partial charge in [-0.15, -0.1) is 0 Å². The van der Waals surface area contributed by atoms with E-state index in [2.05, 4.69) is 28.3 Å². The molecule has 0 amide bonds. The molecule has 1 fully saturated rings. The molecule has 10 heteroatoms. The van der Waals surface area contributed by atoms with Gasteiger partial charge in [0.25, 0.3) is 0 Å². The largest absolute Gasteiger partial charge is 0.481 e. The van der Waals surface area contributed by atoms with Crippen molar-refractivity contribution < 1.29 is 39.3 Å². The van der Waals surface area contributed by atoms with E-state index in [1.807, 2.05) is 18.2 Å². The van der Waals surface area contributed by atoms with Gasteiger partial charge in [0, 0.05) is 24.6 Å². The Labute approximate surface area is 185 Å². The van der Waals surface area contributed by atoms with Crippen molar-refractivity contribution in [3.63, 3.8) is 0 Å². The average Bonchev–Trinajstić information content (AvgIpc) is 3.22. The predicted molar refractivity (Wildman–Crippen MR) is 113 cm³/mol. The molecule has 1 aromatic carbocycles. The number of aromatic nitrogens is 1. The zero-order chi connectivity index (χ0) is 23.6. The summed E-state index contributed by atoms with van der Waals surface area (Å²) in [5.41, 5.74) is -0.679. The molecule has 0 spiro atoms. The normalized spacial score (nSPS) is 14.3. The molecule has 0 unspecified atom stereocenters. The zero-order valence-electron chi connectivity index (χ0n) is 17.6. The van der Waals surface area contributed by atoms with Crippen molar-refractivity contribution in [3.8, 4) is 11.3 Å². The summed E-state index contributed by atoms with van der Waals surface area (Å²) in [6.07, 6.45) is 2.73. The first-order valence-electron chi connectivity index (χ1n) is 10.3. The predicted octanol–water partition coefficient (Wildman–Crippen LogP) is 2.12. The third-order valence-electron chi connectivity index (χ3n) is 5.04. The molecule has 1 aliphatic heterocycles. The lowest BCUT2D eigenvalue weighted by Crippen LogP contribution is -2.42. The summed E-state index contributed by atoms with van der Waals surface area (Å²) in [6, 6.07) is 12.3. The first-order chi connectivity index (χ1) is 15.2. The smallest absolute Gasteiger partial charge is 0.336 e. The van der Waals surface area contributed by atoms with Crippen molar-refractivity contribution in [2.45, 2.75) is 44.1 Å². The highest BCUT2D eigenvalue weighted by molar-refractivity contribution is 5.88. The van der Waals surface area contributed by atoms with Crippen LogP contribution in [0.15, 0.2) is 40.9 Å². The van der Waals surface area contributed by atoms with Crippen LogP contribution in [-0.4, -0.2) is 73.6 Å². The van der Waals surface area contributed by atoms with Crippen LogP contribution < -0.4 is 0 Å². The number of piperidine rings is 1. The monoisotopic (exact) mass is 448 g/mol. The highest BCUT2D eigenvalue weighted by Crippen LogP contribution is 2.19. The molecule has 1 aliphatic rings. The lowest BCUT2D eigenvalue weighted by Gasteiger charge is -2.25. The topological polar surface area (TPSA) is 161 Å². The molecule has 1 aromatic heterocycles. The number of hydrogen-bond acceptors (Lipinski definition) is 7. The van der Waals surface area contributed by atoms with Gasteiger partial charge in [-0.05, 0) is 25.9 Å². The second kappa shape index (κ2) is 12.0. The standard InChI is InChI=1S/C16H20N2O.C6H8O7/c1-3-7-14(8-4-1)16-13-15(19-17-16)9-12-18-10-5-2-6-11-18;7-3(8)1-6(13,5(11)12)2-4(9)10/h1,3-4,7-8,13H,2,5-6,9-12H2;13H,1-2H2,(H,7,8)(H,9,10)(H,11,12). The van der Waals surface area contributed by atoms with Crippen LogP contribution in [0.4, 0.5) is 0 Å². The number of rotatable bonds is 9. The number of nitrogens with zero attached hydrogens (tertiary/aromatic N) is 2. The average molecular weight is 448 g/mol. The van der Waals surface area contributed by atoms with Crippen LogP contribution >= 0.6 is 0 Å². The fraction of sp³-hybridized carbons (Fsp3) is 0.455. The molecule has 0 saturated carbocycles. The van der Waals surface area contributed by atoms with E-state index in [9.17, 15) is 14.4 Å². The van der Waals surface area contributed by atoms with Crippen LogP contribution in [0.5, 0.6) is 0 Å². The van der Waals surface area contributed by atoms with E-state index < -0.39 is 36.4 Å². The van der Waals surface area contributed by atoms with Crippen LogP contribution in [0.25, 0.3) is 11.3 Å². The molecular formula is C22H28N2O8. The van der Waals surface area contributed by atoms with E-state index in [1.165, 1.54) is 32.4 Å². The van der Waals surface area contributed by atoms with Gasteiger partial charge in [0.2, 0.25) is 0 Å². The Morgan fingerprint density at radius 3 is 2.09 bits per heavy atom. The van der Waals surface area contributed by atoms with Gasteiger partial charge in [-0.3, -0.25) is 9.59 Å². The van der Waals surface area contributed by atoms with E-state index in [1.54, 1.807) is 0 Å². The van der Waals surface area contributed by atoms with Crippen molar-refractivity contribution in [2.75, 3.05) is 19.6 Å². The van der Waals surface area contributed by atoms with Gasteiger partial charge in [-0.2, -0.15) is 0 Å². The first-order valence-corrected chi connectivity index (χ1v) is 10.3. The minimum Gasteiger partial charge on any atom is -0.481 e. The number of benzene rings is 1. The summed E-state index contributed by atoms with van der Waals surface area (Å²) in [5.74, 6) is -4.03. The number of hydrogen-bond donors (Lipinski definition) is 4. The summed E-state index contributed by atoms with van der Waals surface area (Å²) in [6.45, 7) is 3.56. The van der Waals surface area contributed by atoms with E-state index in [0.717, 1.165) is 30.0 Å². The maximum Gasteiger partial charge on any atom is 0.336 e. The molecule has 10 nitrogen and oxygen atoms in total. The highest BCUT2D eigenvalue weighted by Gasteiger charge is 2.40. The molecule has 0 aliphatic carbocycles. The Bertz CT molecular complexity index is 874. The Morgan fingerprint density at radius 2 is 1.56 bits per heavy atom. The maximum absolute atomic E-state index is 10.3. The number of carboxylic acid groups (broad SMARTS) is 3. The first kappa shape index (κ1) is 25.0. The summed E-state index contributed by atoms with van der Waals surface area (Å²) in [7, 11) is 0. The molecule has 174 valence electrons. The molecule has 2 heterocycles. The van der Waals surface area contributed by atoms with Gasteiger partial charge < -0.3 is 29.8 Å². The van der Waals surface area contributed by atoms with Gasteiger partial charge in [0.15, 0.2) is 5.60 Å². The highest BCUT2D eigenvalue weighted by atomic mass is 16.5. The SMILES string of the molecule is O=C(O)CC(O)(CC(=O)O)C(=O)O.c1ccc(-c2cc(CCN3CCCCC3)on2)cc1. The summed E-state index contributed by atoms with van der Waals surface area (Å²) in [5, 5.41) is 38.0. The van der Waals surface area contributed by atoms with Crippen LogP contribution in [0, 0.1) is 0 Å². The van der Waals surface area contributed by atoms with Crippen LogP contribution in [0.1, 0.15) is 37.9 Å². The molecule has 1 saturated heterocycles. The lowest BCUT2D eigenvalue weighted by molar-refractivity contribution is -0.170. The molecule has 32 heavy (non-hydrogen) atoms. The van der Waals surface area contributed by atoms with E-state index >= 15 is 0 Å². The van der Waals surface area contributed by atoms with Crippen molar-refractivity contribution in [2.24, 2.45) is 0 Å². The molecule has 0 bridgehead atoms. The number of carbonyl (C=O) groups is 3. The fourth-order valence-electron chi connectivity index (χ4n) is 3.34. The van der Waals surface area contributed by atoms with E-state index in [4.69, 9.17) is 24.9 Å². The van der Waals surface area contributed by atoms with Crippen LogP contribution in [0.2, 0.25) is 0 Å². The molecule has 2 aromatic rings. The second-order valence-electron chi connectivity index (χ2n) is 7.67. The van der Waals surface area contributed by atoms with Gasteiger partial charge in [0.05, 0.1) is 12.8 Å². The van der Waals surface area contributed by atoms with Crippen molar-refractivity contribution in [1.82, 2.24) is 10.1 Å². The Balaban J connectivity index is 0.000000247. The molecule has 4 N–H and O–H groups in total. The number of aliphatic hydroxyl groups is 1. The second-order valence-corrected chi connectivity index (χ2v) is 7.67. The third kappa shape index (κ3) is 8.12. The fourth-order valence-corrected chi connectivity index (χ4v) is 3.34. The lowest BCUT2D eigenvalue weighted by atomic mass is 9.96. The van der Waals surface area contributed by atoms with E-state index in [-0.39, 0.29) is 0 Å². The van der Waals surface area contributed by atoms with Gasteiger partial charge in [-0.1, -0.05) is 41.9 Å². The summed E-state index contributed by atoms with van der Waals surface area (Å²) >= 11 is 0. The van der Waals surface area contributed by atoms with Crippen molar-refractivity contribution in [3.05, 3.63) is 42.2 Å². The van der Waals surface area contributed by atoms with Gasteiger partial charge in [-0.25, -0.2) is 4.79 Å². The quantitative estimate of drug-likeness (QED) is 0.447. The van der Waals surface area contributed by atoms with Crippen LogP contribution in [-0.2, 0) is 20.8 Å². The van der Waals surface area contributed by atoms with Crippen LogP contribution in [0.3, 0.4) is 0 Å². The van der Waals surface area contributed by atoms with E-state index in [0.29, 0.717) is 0 Å². The van der Waals surface area contributed by atoms with Gasteiger partial charge in [0.1, 0.15) is 11.5 Å². The maximum atomic E-state index is 10.3.